The molecule has 0 N–H and O–H groups in total. The maximum atomic E-state index is 11.4. The molecule has 0 heterocycles. The van der Waals surface area contributed by atoms with Gasteiger partial charge in [-0.15, -0.1) is 0 Å². The molecule has 0 amide bonds. The molecule has 2 heteroatoms. The summed E-state index contributed by atoms with van der Waals surface area (Å²) in [5.41, 5.74) is 2.45. The quantitative estimate of drug-likeness (QED) is 0.634. The maximum Gasteiger partial charge on any atom is 0.137 e. The lowest BCUT2D eigenvalue weighted by molar-refractivity contribution is -0.118. The van der Waals surface area contributed by atoms with Gasteiger partial charge in [-0.2, -0.15) is 0 Å². The van der Waals surface area contributed by atoms with Gasteiger partial charge in [0, 0.05) is 12.8 Å². The summed E-state index contributed by atoms with van der Waals surface area (Å²) in [6.07, 6.45) is 3.30. The molecular weight excluding hydrogens is 176 g/mol. The lowest BCUT2D eigenvalue weighted by Gasteiger charge is -2.06. The third-order valence-electron chi connectivity index (χ3n) is 2.70. The first kappa shape index (κ1) is 9.25. The van der Waals surface area contributed by atoms with Crippen LogP contribution in [-0.4, -0.2) is 12.9 Å². The number of fused-ring (bicyclic) bond motifs is 1. The molecule has 0 bridgehead atoms. The molecule has 0 spiro atoms. The van der Waals surface area contributed by atoms with Gasteiger partial charge < -0.3 is 4.74 Å². The molecule has 0 aliphatic heterocycles. The number of Topliss-reactive ketones (excluding diaryl/α,β-unsaturated/α-hetero) is 1. The van der Waals surface area contributed by atoms with E-state index in [9.17, 15) is 4.79 Å². The average molecular weight is 190 g/mol. The second kappa shape index (κ2) is 3.82. The molecule has 1 aliphatic carbocycles. The predicted octanol–water partition coefficient (Wildman–Crippen LogP) is 2.14. The molecule has 74 valence electrons. The van der Waals surface area contributed by atoms with Crippen molar-refractivity contribution in [2.45, 2.75) is 25.7 Å². The Labute approximate surface area is 83.9 Å². The molecule has 1 aromatic carbocycles. The minimum Gasteiger partial charge on any atom is -0.497 e. The van der Waals surface area contributed by atoms with Gasteiger partial charge >= 0.3 is 0 Å². The second-order valence-electron chi connectivity index (χ2n) is 3.70. The summed E-state index contributed by atoms with van der Waals surface area (Å²) in [6, 6.07) is 6.03. The Morgan fingerprint density at radius 1 is 1.21 bits per heavy atom. The average Bonchev–Trinajstić information content (AvgIpc) is 2.37. The highest BCUT2D eigenvalue weighted by Crippen LogP contribution is 2.23. The molecule has 1 aliphatic rings. The molecule has 0 aromatic heterocycles. The highest BCUT2D eigenvalue weighted by molar-refractivity contribution is 5.81. The van der Waals surface area contributed by atoms with Gasteiger partial charge in [0.2, 0.25) is 0 Å². The van der Waals surface area contributed by atoms with Crippen molar-refractivity contribution in [3.05, 3.63) is 29.3 Å². The number of ketones is 1. The molecule has 14 heavy (non-hydrogen) atoms. The fourth-order valence-corrected chi connectivity index (χ4v) is 1.91. The molecular formula is C12H14O2. The summed E-state index contributed by atoms with van der Waals surface area (Å²) in [5, 5.41) is 0. The lowest BCUT2D eigenvalue weighted by atomic mass is 10.0. The van der Waals surface area contributed by atoms with E-state index in [-0.39, 0.29) is 0 Å². The van der Waals surface area contributed by atoms with Crippen molar-refractivity contribution in [3.8, 4) is 5.75 Å². The zero-order chi connectivity index (χ0) is 9.97. The Morgan fingerprint density at radius 3 is 2.86 bits per heavy atom. The maximum absolute atomic E-state index is 11.4. The number of hydrogen-bond donors (Lipinski definition) is 0. The molecule has 0 saturated heterocycles. The normalized spacial score (nSPS) is 15.9. The molecule has 0 radical (unpaired) electrons. The van der Waals surface area contributed by atoms with Crippen LogP contribution in [0.4, 0.5) is 0 Å². The first-order chi connectivity index (χ1) is 6.79. The Bertz CT molecular complexity index is 355. The lowest BCUT2D eigenvalue weighted by Crippen LogP contribution is -2.00. The van der Waals surface area contributed by atoms with Crippen LogP contribution in [0.2, 0.25) is 0 Å². The molecule has 1 aromatic rings. The minimum atomic E-state index is 0.344. The largest absolute Gasteiger partial charge is 0.497 e. The Kier molecular flexibility index (Phi) is 2.53. The monoisotopic (exact) mass is 190 g/mol. The van der Waals surface area contributed by atoms with Crippen molar-refractivity contribution in [2.24, 2.45) is 0 Å². The number of carbonyl (C=O) groups is 1. The van der Waals surface area contributed by atoms with Gasteiger partial charge in [0.15, 0.2) is 0 Å². The van der Waals surface area contributed by atoms with E-state index in [1.807, 2.05) is 12.1 Å². The molecule has 2 nitrogen and oxygen atoms in total. The van der Waals surface area contributed by atoms with Crippen LogP contribution in [0, 0.1) is 0 Å². The van der Waals surface area contributed by atoms with Gasteiger partial charge in [0.1, 0.15) is 11.5 Å². The van der Waals surface area contributed by atoms with Crippen molar-refractivity contribution >= 4 is 5.78 Å². The molecule has 0 unspecified atom stereocenters. The van der Waals surface area contributed by atoms with Gasteiger partial charge in [-0.1, -0.05) is 6.07 Å². The van der Waals surface area contributed by atoms with Gasteiger partial charge in [-0.05, 0) is 36.1 Å². The second-order valence-corrected chi connectivity index (χ2v) is 3.70. The highest BCUT2D eigenvalue weighted by Gasteiger charge is 2.13. The summed E-state index contributed by atoms with van der Waals surface area (Å²) in [5.74, 6) is 1.19. The Hall–Kier alpha value is -1.31. The van der Waals surface area contributed by atoms with Crippen LogP contribution in [0.3, 0.4) is 0 Å². The smallest absolute Gasteiger partial charge is 0.137 e. The SMILES string of the molecule is COc1ccc2c(c1)CC(=O)CCC2. The van der Waals surface area contributed by atoms with Gasteiger partial charge in [0.05, 0.1) is 7.11 Å². The van der Waals surface area contributed by atoms with E-state index in [0.717, 1.165) is 30.6 Å². The first-order valence-corrected chi connectivity index (χ1v) is 4.97. The number of methoxy groups -OCH3 is 1. The van der Waals surface area contributed by atoms with Crippen LogP contribution in [0.5, 0.6) is 5.75 Å². The van der Waals surface area contributed by atoms with Crippen molar-refractivity contribution in [1.82, 2.24) is 0 Å². The number of aryl methyl sites for hydroxylation is 1. The summed E-state index contributed by atoms with van der Waals surface area (Å²) in [4.78, 5) is 11.4. The zero-order valence-electron chi connectivity index (χ0n) is 8.38. The first-order valence-electron chi connectivity index (χ1n) is 4.97. The number of ether oxygens (including phenoxy) is 1. The molecule has 0 fully saturated rings. The number of carbonyl (C=O) groups excluding carboxylic acids is 1. The van der Waals surface area contributed by atoms with Gasteiger partial charge in [-0.3, -0.25) is 4.79 Å². The van der Waals surface area contributed by atoms with Crippen LogP contribution in [0.1, 0.15) is 24.0 Å². The molecule has 0 atom stereocenters. The third-order valence-corrected chi connectivity index (χ3v) is 2.70. The fourth-order valence-electron chi connectivity index (χ4n) is 1.91. The van der Waals surface area contributed by atoms with E-state index < -0.39 is 0 Å². The van der Waals surface area contributed by atoms with Gasteiger partial charge in [0.25, 0.3) is 0 Å². The number of rotatable bonds is 1. The molecule has 0 saturated carbocycles. The van der Waals surface area contributed by atoms with Crippen LogP contribution in [-0.2, 0) is 17.6 Å². The van der Waals surface area contributed by atoms with Crippen LogP contribution >= 0.6 is 0 Å². The topological polar surface area (TPSA) is 26.3 Å². The van der Waals surface area contributed by atoms with E-state index in [1.54, 1.807) is 7.11 Å². The molecule has 2 rings (SSSR count). The van der Waals surface area contributed by atoms with Crippen LogP contribution in [0.15, 0.2) is 18.2 Å². The number of hydrogen-bond acceptors (Lipinski definition) is 2. The highest BCUT2D eigenvalue weighted by atomic mass is 16.5. The summed E-state index contributed by atoms with van der Waals surface area (Å²) in [7, 11) is 1.65. The zero-order valence-corrected chi connectivity index (χ0v) is 8.38. The van der Waals surface area contributed by atoms with Crippen LogP contribution < -0.4 is 4.74 Å². The Morgan fingerprint density at radius 2 is 2.07 bits per heavy atom. The van der Waals surface area contributed by atoms with E-state index in [2.05, 4.69) is 6.07 Å². The van der Waals surface area contributed by atoms with Crippen molar-refractivity contribution in [3.63, 3.8) is 0 Å². The standard InChI is InChI=1S/C12H14O2/c1-14-12-6-5-9-3-2-4-11(13)7-10(9)8-12/h5-6,8H,2-4,7H2,1H3. The summed E-state index contributed by atoms with van der Waals surface area (Å²) >= 11 is 0. The van der Waals surface area contributed by atoms with Crippen molar-refractivity contribution < 1.29 is 9.53 Å². The van der Waals surface area contributed by atoms with E-state index in [1.165, 1.54) is 5.56 Å². The fraction of sp³-hybridized carbons (Fsp3) is 0.417. The van der Waals surface area contributed by atoms with E-state index >= 15 is 0 Å². The van der Waals surface area contributed by atoms with E-state index in [0.29, 0.717) is 12.2 Å². The summed E-state index contributed by atoms with van der Waals surface area (Å²) in [6.45, 7) is 0. The van der Waals surface area contributed by atoms with E-state index in [4.69, 9.17) is 4.74 Å². The van der Waals surface area contributed by atoms with Gasteiger partial charge in [-0.25, -0.2) is 0 Å². The number of benzene rings is 1. The third kappa shape index (κ3) is 1.79. The minimum absolute atomic E-state index is 0.344. The van der Waals surface area contributed by atoms with Crippen molar-refractivity contribution in [2.75, 3.05) is 7.11 Å². The Balaban J connectivity index is 2.36. The summed E-state index contributed by atoms with van der Waals surface area (Å²) < 4.78 is 5.15. The predicted molar refractivity (Wildman–Crippen MR) is 54.6 cm³/mol. The van der Waals surface area contributed by atoms with Crippen molar-refractivity contribution in [1.29, 1.82) is 0 Å². The van der Waals surface area contributed by atoms with Crippen LogP contribution in [0.25, 0.3) is 0 Å².